The molecule has 1 aromatic rings. The lowest BCUT2D eigenvalue weighted by atomic mass is 9.64. The molecule has 1 aromatic carbocycles. The van der Waals surface area contributed by atoms with Crippen LogP contribution in [-0.4, -0.2) is 26.4 Å². The van der Waals surface area contributed by atoms with Crippen LogP contribution in [0.1, 0.15) is 25.8 Å². The molecule has 2 unspecified atom stereocenters. The first-order valence-electron chi connectivity index (χ1n) is 6.57. The van der Waals surface area contributed by atoms with Gasteiger partial charge < -0.3 is 14.8 Å². The standard InChI is InChI=1S/C15H22ClNO2/c1-15(2)13(8-14(15)19-4)17-9-10-5-6-12(18-3)11(16)7-10/h5-7,13-14,17H,8-9H2,1-4H3. The monoisotopic (exact) mass is 283 g/mol. The van der Waals surface area contributed by atoms with Gasteiger partial charge in [-0.25, -0.2) is 0 Å². The van der Waals surface area contributed by atoms with E-state index in [4.69, 9.17) is 21.1 Å². The highest BCUT2D eigenvalue weighted by Crippen LogP contribution is 2.42. The molecule has 0 radical (unpaired) electrons. The molecule has 1 N–H and O–H groups in total. The molecular weight excluding hydrogens is 262 g/mol. The molecule has 0 aromatic heterocycles. The molecule has 0 heterocycles. The van der Waals surface area contributed by atoms with Gasteiger partial charge in [0.15, 0.2) is 0 Å². The molecule has 4 heteroatoms. The van der Waals surface area contributed by atoms with Gasteiger partial charge in [0.1, 0.15) is 5.75 Å². The normalized spacial score (nSPS) is 24.9. The largest absolute Gasteiger partial charge is 0.495 e. The van der Waals surface area contributed by atoms with Crippen molar-refractivity contribution in [3.63, 3.8) is 0 Å². The van der Waals surface area contributed by atoms with Crippen LogP contribution in [0, 0.1) is 5.41 Å². The predicted molar refractivity (Wildman–Crippen MR) is 77.8 cm³/mol. The van der Waals surface area contributed by atoms with Gasteiger partial charge in [-0.15, -0.1) is 0 Å². The Kier molecular flexibility index (Phi) is 4.39. The first-order chi connectivity index (χ1) is 8.98. The lowest BCUT2D eigenvalue weighted by Gasteiger charge is -2.51. The first kappa shape index (κ1) is 14.6. The molecule has 0 aliphatic heterocycles. The maximum absolute atomic E-state index is 6.12. The number of hydrogen-bond acceptors (Lipinski definition) is 3. The highest BCUT2D eigenvalue weighted by atomic mass is 35.5. The molecule has 3 nitrogen and oxygen atoms in total. The number of ether oxygens (including phenoxy) is 2. The Morgan fingerprint density at radius 1 is 1.37 bits per heavy atom. The van der Waals surface area contributed by atoms with Gasteiger partial charge >= 0.3 is 0 Å². The Morgan fingerprint density at radius 3 is 2.63 bits per heavy atom. The third-order valence-electron chi connectivity index (χ3n) is 4.23. The molecule has 19 heavy (non-hydrogen) atoms. The van der Waals surface area contributed by atoms with Gasteiger partial charge in [0, 0.05) is 25.1 Å². The molecule has 2 rings (SSSR count). The van der Waals surface area contributed by atoms with Gasteiger partial charge in [0.25, 0.3) is 0 Å². The van der Waals surface area contributed by atoms with E-state index in [0.717, 1.165) is 13.0 Å². The van der Waals surface area contributed by atoms with Gasteiger partial charge in [0.2, 0.25) is 0 Å². The summed E-state index contributed by atoms with van der Waals surface area (Å²) in [6.07, 6.45) is 1.41. The third kappa shape index (κ3) is 2.88. The van der Waals surface area contributed by atoms with Gasteiger partial charge in [0.05, 0.1) is 18.2 Å². The summed E-state index contributed by atoms with van der Waals surface area (Å²) in [5.41, 5.74) is 1.35. The van der Waals surface area contributed by atoms with Crippen LogP contribution in [0.5, 0.6) is 5.75 Å². The van der Waals surface area contributed by atoms with Gasteiger partial charge in [-0.05, 0) is 24.1 Å². The zero-order valence-electron chi connectivity index (χ0n) is 12.0. The average molecular weight is 284 g/mol. The van der Waals surface area contributed by atoms with Crippen molar-refractivity contribution in [1.29, 1.82) is 0 Å². The maximum Gasteiger partial charge on any atom is 0.137 e. The van der Waals surface area contributed by atoms with E-state index in [1.54, 1.807) is 14.2 Å². The van der Waals surface area contributed by atoms with Crippen molar-refractivity contribution in [2.45, 2.75) is 39.0 Å². The summed E-state index contributed by atoms with van der Waals surface area (Å²) in [6, 6.07) is 6.38. The molecule has 1 aliphatic rings. The fourth-order valence-electron chi connectivity index (χ4n) is 2.69. The lowest BCUT2D eigenvalue weighted by Crippen LogP contribution is -2.60. The maximum atomic E-state index is 6.12. The van der Waals surface area contributed by atoms with Gasteiger partial charge in [-0.3, -0.25) is 0 Å². The van der Waals surface area contributed by atoms with E-state index in [-0.39, 0.29) is 5.41 Å². The van der Waals surface area contributed by atoms with Gasteiger partial charge in [-0.2, -0.15) is 0 Å². The third-order valence-corrected chi connectivity index (χ3v) is 4.53. The van der Waals surface area contributed by atoms with E-state index >= 15 is 0 Å². The van der Waals surface area contributed by atoms with E-state index in [1.807, 2.05) is 18.2 Å². The molecule has 1 saturated carbocycles. The van der Waals surface area contributed by atoms with E-state index in [9.17, 15) is 0 Å². The Hall–Kier alpha value is -0.770. The van der Waals surface area contributed by atoms with Crippen molar-refractivity contribution >= 4 is 11.6 Å². The van der Waals surface area contributed by atoms with Crippen LogP contribution in [0.4, 0.5) is 0 Å². The SMILES string of the molecule is COc1ccc(CNC2CC(OC)C2(C)C)cc1Cl. The zero-order chi connectivity index (χ0) is 14.0. The van der Waals surface area contributed by atoms with Crippen molar-refractivity contribution in [3.05, 3.63) is 28.8 Å². The Labute approximate surface area is 120 Å². The summed E-state index contributed by atoms with van der Waals surface area (Å²) in [6.45, 7) is 5.29. The number of benzene rings is 1. The van der Waals surface area contributed by atoms with Crippen LogP contribution >= 0.6 is 11.6 Å². The smallest absolute Gasteiger partial charge is 0.137 e. The fraction of sp³-hybridized carbons (Fsp3) is 0.600. The molecule has 0 saturated heterocycles. The van der Waals surface area contributed by atoms with Crippen molar-refractivity contribution in [2.75, 3.05) is 14.2 Å². The van der Waals surface area contributed by atoms with Gasteiger partial charge in [-0.1, -0.05) is 31.5 Å². The molecule has 106 valence electrons. The summed E-state index contributed by atoms with van der Waals surface area (Å²) >= 11 is 6.12. The minimum atomic E-state index is 0.186. The summed E-state index contributed by atoms with van der Waals surface area (Å²) in [5, 5.41) is 4.23. The van der Waals surface area contributed by atoms with Crippen LogP contribution in [-0.2, 0) is 11.3 Å². The predicted octanol–water partition coefficient (Wildman–Crippen LogP) is 3.25. The second kappa shape index (κ2) is 5.70. The lowest BCUT2D eigenvalue weighted by molar-refractivity contribution is -0.0979. The van der Waals surface area contributed by atoms with Crippen molar-refractivity contribution in [1.82, 2.24) is 5.32 Å². The number of methoxy groups -OCH3 is 2. The highest BCUT2D eigenvalue weighted by molar-refractivity contribution is 6.32. The first-order valence-corrected chi connectivity index (χ1v) is 6.95. The number of halogens is 1. The van der Waals surface area contributed by atoms with Crippen LogP contribution < -0.4 is 10.1 Å². The molecular formula is C15H22ClNO2. The quantitative estimate of drug-likeness (QED) is 0.900. The highest BCUT2D eigenvalue weighted by Gasteiger charge is 2.48. The number of nitrogens with one attached hydrogen (secondary N) is 1. The van der Waals surface area contributed by atoms with E-state index in [2.05, 4.69) is 19.2 Å². The molecule has 1 fully saturated rings. The summed E-state index contributed by atoms with van der Waals surface area (Å²) in [4.78, 5) is 0. The Balaban J connectivity index is 1.92. The minimum absolute atomic E-state index is 0.186. The van der Waals surface area contributed by atoms with Crippen LogP contribution in [0.15, 0.2) is 18.2 Å². The van der Waals surface area contributed by atoms with Crippen LogP contribution in [0.25, 0.3) is 0 Å². The van der Waals surface area contributed by atoms with Crippen LogP contribution in [0.2, 0.25) is 5.02 Å². The number of rotatable bonds is 5. The molecule has 0 spiro atoms. The van der Waals surface area contributed by atoms with Crippen molar-refractivity contribution < 1.29 is 9.47 Å². The zero-order valence-corrected chi connectivity index (χ0v) is 12.8. The summed E-state index contributed by atoms with van der Waals surface area (Å²) < 4.78 is 10.6. The summed E-state index contributed by atoms with van der Waals surface area (Å²) in [5.74, 6) is 0.717. The number of hydrogen-bond donors (Lipinski definition) is 1. The second-order valence-electron chi connectivity index (χ2n) is 5.68. The van der Waals surface area contributed by atoms with Crippen LogP contribution in [0.3, 0.4) is 0 Å². The molecule has 0 amide bonds. The molecule has 0 bridgehead atoms. The molecule has 2 atom stereocenters. The minimum Gasteiger partial charge on any atom is -0.495 e. The van der Waals surface area contributed by atoms with E-state index in [1.165, 1.54) is 5.56 Å². The Morgan fingerprint density at radius 2 is 2.11 bits per heavy atom. The average Bonchev–Trinajstić information content (AvgIpc) is 2.38. The fourth-order valence-corrected chi connectivity index (χ4v) is 2.97. The summed E-state index contributed by atoms with van der Waals surface area (Å²) in [7, 11) is 3.41. The van der Waals surface area contributed by atoms with E-state index < -0.39 is 0 Å². The molecule has 1 aliphatic carbocycles. The van der Waals surface area contributed by atoms with E-state index in [0.29, 0.717) is 22.9 Å². The van der Waals surface area contributed by atoms with Crippen molar-refractivity contribution in [3.8, 4) is 5.75 Å². The second-order valence-corrected chi connectivity index (χ2v) is 6.09. The topological polar surface area (TPSA) is 30.5 Å². The Bertz CT molecular complexity index is 448. The van der Waals surface area contributed by atoms with Crippen molar-refractivity contribution in [2.24, 2.45) is 5.41 Å².